The zero-order valence-corrected chi connectivity index (χ0v) is 26.7. The highest BCUT2D eigenvalue weighted by molar-refractivity contribution is 7.90. The number of halogens is 1. The Labute approximate surface area is 271 Å². The molecule has 242 valence electrons. The molecular formula is C32H34ClN5O7S. The third kappa shape index (κ3) is 5.85. The smallest absolute Gasteiger partial charge is 0.407 e. The van der Waals surface area contributed by atoms with Crippen molar-refractivity contribution in [2.24, 2.45) is 0 Å². The molecule has 6 rings (SSSR count). The van der Waals surface area contributed by atoms with E-state index in [1.54, 1.807) is 35.2 Å². The number of rotatable bonds is 7. The fourth-order valence-corrected chi connectivity index (χ4v) is 8.00. The Balaban J connectivity index is 1.37. The molecule has 2 fully saturated rings. The molecule has 0 spiro atoms. The Bertz CT molecular complexity index is 1910. The molecule has 3 heterocycles. The number of nitrogens with zero attached hydrogens (tertiary/aromatic N) is 5. The molecule has 3 aromatic carbocycles. The van der Waals surface area contributed by atoms with Gasteiger partial charge in [-0.1, -0.05) is 41.9 Å². The van der Waals surface area contributed by atoms with Crippen LogP contribution in [0, 0.1) is 0 Å². The number of methoxy groups -OCH3 is 1. The van der Waals surface area contributed by atoms with Crippen LogP contribution in [0.25, 0.3) is 11.0 Å². The van der Waals surface area contributed by atoms with Crippen molar-refractivity contribution < 1.29 is 27.9 Å². The van der Waals surface area contributed by atoms with Gasteiger partial charge in [-0.2, -0.15) is 3.97 Å². The second-order valence-electron chi connectivity index (χ2n) is 11.4. The summed E-state index contributed by atoms with van der Waals surface area (Å²) in [5.41, 5.74) is -0.0601. The van der Waals surface area contributed by atoms with E-state index in [1.165, 1.54) is 59.0 Å². The van der Waals surface area contributed by atoms with Crippen LogP contribution in [0.4, 0.5) is 4.79 Å². The van der Waals surface area contributed by atoms with Gasteiger partial charge in [0.1, 0.15) is 11.8 Å². The van der Waals surface area contributed by atoms with E-state index in [4.69, 9.17) is 16.3 Å². The number of amides is 2. The molecule has 0 bridgehead atoms. The highest BCUT2D eigenvalue weighted by Crippen LogP contribution is 2.30. The van der Waals surface area contributed by atoms with Gasteiger partial charge in [-0.3, -0.25) is 14.3 Å². The number of carboxylic acid groups (broad SMARTS) is 1. The fourth-order valence-electron chi connectivity index (χ4n) is 6.44. The Kier molecular flexibility index (Phi) is 8.82. The summed E-state index contributed by atoms with van der Waals surface area (Å²) in [6, 6.07) is 18.1. The van der Waals surface area contributed by atoms with Crippen molar-refractivity contribution in [3.63, 3.8) is 0 Å². The number of likely N-dealkylation sites (tertiary alicyclic amines) is 1. The van der Waals surface area contributed by atoms with Crippen LogP contribution in [0.3, 0.4) is 0 Å². The van der Waals surface area contributed by atoms with Crippen molar-refractivity contribution in [2.45, 2.75) is 29.8 Å². The van der Waals surface area contributed by atoms with E-state index >= 15 is 0 Å². The van der Waals surface area contributed by atoms with E-state index in [0.29, 0.717) is 50.6 Å². The molecule has 0 aliphatic carbocycles. The molecular weight excluding hydrogens is 634 g/mol. The van der Waals surface area contributed by atoms with E-state index in [2.05, 4.69) is 4.90 Å². The van der Waals surface area contributed by atoms with E-state index < -0.39 is 27.8 Å². The van der Waals surface area contributed by atoms with Crippen LogP contribution < -0.4 is 10.4 Å². The lowest BCUT2D eigenvalue weighted by atomic mass is 10.0. The van der Waals surface area contributed by atoms with Gasteiger partial charge < -0.3 is 19.6 Å². The predicted octanol–water partition coefficient (Wildman–Crippen LogP) is 3.58. The zero-order chi connectivity index (χ0) is 32.6. The Hall–Kier alpha value is -4.33. The molecule has 12 nitrogen and oxygen atoms in total. The third-order valence-electron chi connectivity index (χ3n) is 8.88. The van der Waals surface area contributed by atoms with Gasteiger partial charge in [0.25, 0.3) is 15.9 Å². The largest absolute Gasteiger partial charge is 0.497 e. The SMILES string of the molecule is COc1ccc(S(=O)(=O)n2c(=O)n(C(C(=O)N3CCN(C4CCN(C(=O)O)CC4)CC3)c3ccccc3)c3cc(Cl)ccc32)cc1. The second kappa shape index (κ2) is 12.8. The van der Waals surface area contributed by atoms with Crippen LogP contribution in [0.15, 0.2) is 82.5 Å². The van der Waals surface area contributed by atoms with Gasteiger partial charge in [0.05, 0.1) is 23.0 Å². The number of imidazole rings is 1. The van der Waals surface area contributed by atoms with Crippen molar-refractivity contribution in [1.82, 2.24) is 23.2 Å². The van der Waals surface area contributed by atoms with Crippen molar-refractivity contribution in [2.75, 3.05) is 46.4 Å². The highest BCUT2D eigenvalue weighted by Gasteiger charge is 2.37. The summed E-state index contributed by atoms with van der Waals surface area (Å²) in [6.07, 6.45) is 0.548. The number of carbonyl (C=O) groups is 2. The summed E-state index contributed by atoms with van der Waals surface area (Å²) in [4.78, 5) is 45.4. The fraction of sp³-hybridized carbons (Fsp3) is 0.344. The summed E-state index contributed by atoms with van der Waals surface area (Å²) >= 11 is 6.39. The first kappa shape index (κ1) is 31.6. The lowest BCUT2D eigenvalue weighted by Crippen LogP contribution is -2.55. The Morgan fingerprint density at radius 2 is 1.52 bits per heavy atom. The van der Waals surface area contributed by atoms with Crippen LogP contribution >= 0.6 is 11.6 Å². The number of piperidine rings is 1. The minimum absolute atomic E-state index is 0.0940. The standard InChI is InChI=1S/C32H34ClN5O7S/c1-45-25-8-10-26(11-9-25)46(43,44)38-27-12-7-23(33)21-28(27)37(31(38)40)29(22-5-3-2-4-6-22)30(39)35-19-17-34(18-20-35)24-13-15-36(16-14-24)32(41)42/h2-12,21,24,29H,13-20H2,1H3,(H,41,42). The van der Waals surface area contributed by atoms with Crippen molar-refractivity contribution in [3.8, 4) is 5.75 Å². The molecule has 14 heteroatoms. The monoisotopic (exact) mass is 667 g/mol. The number of piperazine rings is 1. The van der Waals surface area contributed by atoms with E-state index in [1.807, 2.05) is 0 Å². The first-order valence-corrected chi connectivity index (χ1v) is 16.8. The first-order chi connectivity index (χ1) is 22.1. The summed E-state index contributed by atoms with van der Waals surface area (Å²) in [5, 5.41) is 9.57. The number of hydrogen-bond acceptors (Lipinski definition) is 7. The molecule has 2 amide bonds. The first-order valence-electron chi connectivity index (χ1n) is 15.0. The summed E-state index contributed by atoms with van der Waals surface area (Å²) < 4.78 is 35.1. The van der Waals surface area contributed by atoms with Gasteiger partial charge in [-0.05, 0) is 60.9 Å². The molecule has 46 heavy (non-hydrogen) atoms. The summed E-state index contributed by atoms with van der Waals surface area (Å²) in [6.45, 7) is 2.95. The van der Waals surface area contributed by atoms with Gasteiger partial charge in [-0.15, -0.1) is 0 Å². The number of hydrogen-bond donors (Lipinski definition) is 1. The molecule has 1 atom stereocenters. The highest BCUT2D eigenvalue weighted by atomic mass is 35.5. The van der Waals surface area contributed by atoms with E-state index in [9.17, 15) is 27.9 Å². The van der Waals surface area contributed by atoms with Crippen LogP contribution in [0.1, 0.15) is 24.4 Å². The lowest BCUT2D eigenvalue weighted by Gasteiger charge is -2.43. The van der Waals surface area contributed by atoms with Gasteiger partial charge in [0.15, 0.2) is 0 Å². The second-order valence-corrected chi connectivity index (χ2v) is 13.6. The molecule has 1 aromatic heterocycles. The lowest BCUT2D eigenvalue weighted by molar-refractivity contribution is -0.135. The molecule has 1 unspecified atom stereocenters. The topological polar surface area (TPSA) is 134 Å². The quantitative estimate of drug-likeness (QED) is 0.316. The van der Waals surface area contributed by atoms with Crippen LogP contribution in [-0.2, 0) is 14.8 Å². The minimum Gasteiger partial charge on any atom is -0.497 e. The molecule has 2 aliphatic heterocycles. The predicted molar refractivity (Wildman–Crippen MR) is 172 cm³/mol. The molecule has 2 saturated heterocycles. The minimum atomic E-state index is -4.40. The molecule has 2 aliphatic rings. The Morgan fingerprint density at radius 3 is 2.13 bits per heavy atom. The molecule has 0 radical (unpaired) electrons. The average Bonchev–Trinajstić information content (AvgIpc) is 3.36. The summed E-state index contributed by atoms with van der Waals surface area (Å²) in [5.74, 6) is 0.121. The van der Waals surface area contributed by atoms with E-state index in [-0.39, 0.29) is 32.9 Å². The van der Waals surface area contributed by atoms with Crippen LogP contribution in [0.2, 0.25) is 5.02 Å². The third-order valence-corrected chi connectivity index (χ3v) is 10.8. The maximum Gasteiger partial charge on any atom is 0.407 e. The number of carbonyl (C=O) groups excluding carboxylic acids is 1. The van der Waals surface area contributed by atoms with Crippen molar-refractivity contribution >= 4 is 44.7 Å². The molecule has 4 aromatic rings. The molecule has 0 saturated carbocycles. The zero-order valence-electron chi connectivity index (χ0n) is 25.2. The van der Waals surface area contributed by atoms with Gasteiger partial charge >= 0.3 is 11.8 Å². The number of benzene rings is 3. The number of aromatic nitrogens is 2. The van der Waals surface area contributed by atoms with Gasteiger partial charge in [0.2, 0.25) is 0 Å². The molecule has 1 N–H and O–H groups in total. The van der Waals surface area contributed by atoms with E-state index in [0.717, 1.165) is 16.8 Å². The van der Waals surface area contributed by atoms with Crippen molar-refractivity contribution in [1.29, 1.82) is 0 Å². The maximum absolute atomic E-state index is 14.5. The van der Waals surface area contributed by atoms with Crippen molar-refractivity contribution in [3.05, 3.63) is 93.9 Å². The van der Waals surface area contributed by atoms with Gasteiger partial charge in [0, 0.05) is 50.3 Å². The number of fused-ring (bicyclic) bond motifs is 1. The van der Waals surface area contributed by atoms with Crippen LogP contribution in [-0.4, -0.2) is 101 Å². The summed E-state index contributed by atoms with van der Waals surface area (Å²) in [7, 11) is -2.93. The average molecular weight is 668 g/mol. The Morgan fingerprint density at radius 1 is 0.870 bits per heavy atom. The normalized spacial score (nSPS) is 17.3. The maximum atomic E-state index is 14.5. The number of ether oxygens (including phenoxy) is 1. The van der Waals surface area contributed by atoms with Crippen LogP contribution in [0.5, 0.6) is 5.75 Å². The van der Waals surface area contributed by atoms with Gasteiger partial charge in [-0.25, -0.2) is 18.0 Å².